The van der Waals surface area contributed by atoms with Gasteiger partial charge in [0.15, 0.2) is 0 Å². The molecular weight excluding hydrogens is 272 g/mol. The zero-order valence-corrected chi connectivity index (χ0v) is 11.7. The van der Waals surface area contributed by atoms with Crippen molar-refractivity contribution in [3.63, 3.8) is 0 Å². The summed E-state index contributed by atoms with van der Waals surface area (Å²) in [5, 5.41) is 12.8. The first-order valence-electron chi connectivity index (χ1n) is 7.21. The predicted octanol–water partition coefficient (Wildman–Crippen LogP) is 4.06. The first kappa shape index (κ1) is 11.5. The molecule has 0 saturated heterocycles. The molecule has 0 amide bonds. The highest BCUT2D eigenvalue weighted by Gasteiger charge is 2.10. The van der Waals surface area contributed by atoms with E-state index in [4.69, 9.17) is 5.10 Å². The van der Waals surface area contributed by atoms with Crippen LogP contribution in [0, 0.1) is 0 Å². The van der Waals surface area contributed by atoms with Crippen LogP contribution in [-0.4, -0.2) is 20.0 Å². The Bertz CT molecular complexity index is 1130. The minimum Gasteiger partial charge on any atom is -0.361 e. The lowest BCUT2D eigenvalue weighted by molar-refractivity contribution is 0.772. The number of hydrogen-bond donors (Lipinski definition) is 1. The Balaban J connectivity index is 1.85. The average molecular weight is 284 g/mol. The van der Waals surface area contributed by atoms with Gasteiger partial charge in [0.05, 0.1) is 5.69 Å². The van der Waals surface area contributed by atoms with Crippen LogP contribution in [0.15, 0.2) is 66.9 Å². The van der Waals surface area contributed by atoms with Crippen LogP contribution in [0.25, 0.3) is 38.4 Å². The van der Waals surface area contributed by atoms with Crippen LogP contribution >= 0.6 is 0 Å². The van der Waals surface area contributed by atoms with Gasteiger partial charge in [-0.2, -0.15) is 0 Å². The predicted molar refractivity (Wildman–Crippen MR) is 88.2 cm³/mol. The smallest absolute Gasteiger partial charge is 0.121 e. The van der Waals surface area contributed by atoms with Crippen molar-refractivity contribution in [2.24, 2.45) is 0 Å². The maximum absolute atomic E-state index is 4.73. The third-order valence-electron chi connectivity index (χ3n) is 4.06. The molecule has 0 aliphatic heterocycles. The normalized spacial score (nSPS) is 11.6. The van der Waals surface area contributed by atoms with E-state index >= 15 is 0 Å². The van der Waals surface area contributed by atoms with Gasteiger partial charge in [-0.25, -0.2) is 0 Å². The highest BCUT2D eigenvalue weighted by molar-refractivity contribution is 6.03. The maximum Gasteiger partial charge on any atom is 0.121 e. The Hall–Kier alpha value is -3.14. The molecule has 22 heavy (non-hydrogen) atoms. The van der Waals surface area contributed by atoms with E-state index in [-0.39, 0.29) is 0 Å². The second-order valence-electron chi connectivity index (χ2n) is 5.36. The minimum absolute atomic E-state index is 0.909. The second-order valence-corrected chi connectivity index (χ2v) is 5.36. The molecule has 104 valence electrons. The Morgan fingerprint density at radius 1 is 0.773 bits per heavy atom. The van der Waals surface area contributed by atoms with Crippen molar-refractivity contribution in [1.82, 2.24) is 20.0 Å². The number of aromatic amines is 1. The van der Waals surface area contributed by atoms with Gasteiger partial charge in [-0.05, 0) is 29.7 Å². The van der Waals surface area contributed by atoms with Gasteiger partial charge in [-0.15, -0.1) is 15.0 Å². The van der Waals surface area contributed by atoms with Gasteiger partial charge < -0.3 is 4.98 Å². The molecule has 0 radical (unpaired) electrons. The third kappa shape index (κ3) is 1.52. The van der Waals surface area contributed by atoms with Crippen molar-refractivity contribution in [1.29, 1.82) is 0 Å². The van der Waals surface area contributed by atoms with Crippen LogP contribution < -0.4 is 0 Å². The highest BCUT2D eigenvalue weighted by atomic mass is 15.5. The monoisotopic (exact) mass is 284 g/mol. The van der Waals surface area contributed by atoms with E-state index in [1.807, 2.05) is 36.5 Å². The standard InChI is InChI=1S/C18H12N4/c1-2-5-13-12(4-1)8-9-16-18(13)21-22(20-16)17-7-3-6-15-14(17)10-11-19-15/h1-11,19H. The van der Waals surface area contributed by atoms with Gasteiger partial charge in [-0.1, -0.05) is 36.4 Å². The lowest BCUT2D eigenvalue weighted by atomic mass is 10.1. The molecule has 0 saturated carbocycles. The van der Waals surface area contributed by atoms with E-state index in [1.165, 1.54) is 5.39 Å². The number of nitrogens with one attached hydrogen (secondary N) is 1. The van der Waals surface area contributed by atoms with Gasteiger partial charge >= 0.3 is 0 Å². The van der Waals surface area contributed by atoms with Gasteiger partial charge in [0.25, 0.3) is 0 Å². The summed E-state index contributed by atoms with van der Waals surface area (Å²) in [5.41, 5.74) is 3.92. The summed E-state index contributed by atoms with van der Waals surface area (Å²) < 4.78 is 0. The van der Waals surface area contributed by atoms with Crippen LogP contribution in [0.2, 0.25) is 0 Å². The maximum atomic E-state index is 4.73. The Morgan fingerprint density at radius 2 is 1.73 bits per heavy atom. The Kier molecular flexibility index (Phi) is 2.19. The summed E-state index contributed by atoms with van der Waals surface area (Å²) in [6.45, 7) is 0. The largest absolute Gasteiger partial charge is 0.361 e. The fourth-order valence-corrected chi connectivity index (χ4v) is 3.00. The van der Waals surface area contributed by atoms with Crippen molar-refractivity contribution >= 4 is 32.7 Å². The van der Waals surface area contributed by atoms with Gasteiger partial charge in [0, 0.05) is 22.5 Å². The fourth-order valence-electron chi connectivity index (χ4n) is 3.00. The molecule has 1 N–H and O–H groups in total. The molecule has 0 bridgehead atoms. The first-order chi connectivity index (χ1) is 10.9. The fraction of sp³-hybridized carbons (Fsp3) is 0. The summed E-state index contributed by atoms with van der Waals surface area (Å²) in [5.74, 6) is 0. The molecule has 0 spiro atoms. The molecular formula is C18H12N4. The minimum atomic E-state index is 0.909. The lowest BCUT2D eigenvalue weighted by Gasteiger charge is -2.00. The first-order valence-corrected chi connectivity index (χ1v) is 7.21. The Morgan fingerprint density at radius 3 is 2.73 bits per heavy atom. The van der Waals surface area contributed by atoms with Crippen LogP contribution in [0.1, 0.15) is 0 Å². The highest BCUT2D eigenvalue weighted by Crippen LogP contribution is 2.25. The van der Waals surface area contributed by atoms with Gasteiger partial charge in [0.1, 0.15) is 11.0 Å². The van der Waals surface area contributed by atoms with E-state index < -0.39 is 0 Å². The number of fused-ring (bicyclic) bond motifs is 4. The Labute approximate surface area is 126 Å². The summed E-state index contributed by atoms with van der Waals surface area (Å²) in [6.07, 6.45) is 1.94. The van der Waals surface area contributed by atoms with E-state index in [2.05, 4.69) is 40.4 Å². The number of hydrogen-bond acceptors (Lipinski definition) is 2. The third-order valence-corrected chi connectivity index (χ3v) is 4.06. The number of benzene rings is 3. The molecule has 5 aromatic rings. The molecule has 0 atom stereocenters. The van der Waals surface area contributed by atoms with Crippen LogP contribution in [0.5, 0.6) is 0 Å². The molecule has 2 aromatic heterocycles. The van der Waals surface area contributed by atoms with Gasteiger partial charge in [-0.3, -0.25) is 0 Å². The molecule has 4 heteroatoms. The SMILES string of the molecule is c1ccc2c(c1)ccc1nn(-c3cccc4[nH]ccc34)nc12. The van der Waals surface area contributed by atoms with Crippen molar-refractivity contribution < 1.29 is 0 Å². The number of rotatable bonds is 1. The number of aromatic nitrogens is 4. The van der Waals surface area contributed by atoms with Crippen LogP contribution in [0.3, 0.4) is 0 Å². The van der Waals surface area contributed by atoms with Crippen molar-refractivity contribution in [2.45, 2.75) is 0 Å². The number of H-pyrrole nitrogens is 1. The molecule has 0 aliphatic carbocycles. The summed E-state index contributed by atoms with van der Waals surface area (Å²) >= 11 is 0. The molecule has 0 unspecified atom stereocenters. The summed E-state index contributed by atoms with van der Waals surface area (Å²) in [4.78, 5) is 4.95. The van der Waals surface area contributed by atoms with Gasteiger partial charge in [0.2, 0.25) is 0 Å². The van der Waals surface area contributed by atoms with Crippen molar-refractivity contribution in [3.8, 4) is 5.69 Å². The van der Waals surface area contributed by atoms with E-state index in [0.29, 0.717) is 0 Å². The summed E-state index contributed by atoms with van der Waals surface area (Å²) in [7, 11) is 0. The molecule has 2 heterocycles. The topological polar surface area (TPSA) is 46.5 Å². The zero-order valence-electron chi connectivity index (χ0n) is 11.7. The molecule has 0 fully saturated rings. The molecule has 0 aliphatic rings. The van der Waals surface area contributed by atoms with Crippen molar-refractivity contribution in [2.75, 3.05) is 0 Å². The van der Waals surface area contributed by atoms with E-state index in [1.54, 1.807) is 4.80 Å². The lowest BCUT2D eigenvalue weighted by Crippen LogP contribution is -1.98. The zero-order chi connectivity index (χ0) is 14.5. The van der Waals surface area contributed by atoms with Crippen molar-refractivity contribution in [3.05, 3.63) is 66.9 Å². The number of nitrogens with zero attached hydrogens (tertiary/aromatic N) is 3. The molecule has 4 nitrogen and oxygen atoms in total. The van der Waals surface area contributed by atoms with E-state index in [0.717, 1.165) is 33.0 Å². The molecule has 5 rings (SSSR count). The molecule has 3 aromatic carbocycles. The quantitative estimate of drug-likeness (QED) is 0.504. The summed E-state index contributed by atoms with van der Waals surface area (Å²) in [6, 6.07) is 20.5. The average Bonchev–Trinajstić information content (AvgIpc) is 3.21. The van der Waals surface area contributed by atoms with Crippen LogP contribution in [0.4, 0.5) is 0 Å². The van der Waals surface area contributed by atoms with Crippen LogP contribution in [-0.2, 0) is 0 Å². The van der Waals surface area contributed by atoms with E-state index in [9.17, 15) is 0 Å². The second kappa shape index (κ2) is 4.18.